The number of H-pyrrole nitrogens is 1. The molecule has 6 heteroatoms. The number of methoxy groups -OCH3 is 1. The Hall–Kier alpha value is -2.63. The van der Waals surface area contributed by atoms with Crippen LogP contribution in [0.5, 0.6) is 11.5 Å². The molecule has 0 saturated carbocycles. The normalized spacial score (nSPS) is 10.7. The van der Waals surface area contributed by atoms with Gasteiger partial charge in [0.1, 0.15) is 18.2 Å². The summed E-state index contributed by atoms with van der Waals surface area (Å²) in [5.74, 6) is 1.43. The van der Waals surface area contributed by atoms with Gasteiger partial charge in [-0.05, 0) is 12.1 Å². The van der Waals surface area contributed by atoms with Crippen LogP contribution in [0.3, 0.4) is 0 Å². The van der Waals surface area contributed by atoms with Crippen molar-refractivity contribution in [1.82, 2.24) is 15.0 Å². The summed E-state index contributed by atoms with van der Waals surface area (Å²) < 4.78 is 23.9. The predicted octanol–water partition coefficient (Wildman–Crippen LogP) is 2.68. The molecule has 0 amide bonds. The van der Waals surface area contributed by atoms with Gasteiger partial charge in [-0.1, -0.05) is 12.1 Å². The lowest BCUT2D eigenvalue weighted by Gasteiger charge is -2.08. The number of fused-ring (bicyclic) bond motifs is 1. The van der Waals surface area contributed by atoms with Gasteiger partial charge in [0.05, 0.1) is 18.8 Å². The maximum Gasteiger partial charge on any atom is 0.178 e. The first kappa shape index (κ1) is 12.4. The number of nitrogens with one attached hydrogen (secondary N) is 1. The highest BCUT2D eigenvalue weighted by atomic mass is 19.1. The molecule has 0 radical (unpaired) electrons. The molecule has 0 aliphatic heterocycles. The lowest BCUT2D eigenvalue weighted by molar-refractivity contribution is 0.277. The number of nitrogens with zero attached hydrogens (tertiary/aromatic N) is 2. The standard InChI is InChI=1S/C14H12FN3O2/c1-19-11-4-2-3-5-12(11)20-8-13-17-10-6-9(15)7-16-14(10)18-13/h2-7H,8H2,1H3,(H,16,17,18). The lowest BCUT2D eigenvalue weighted by atomic mass is 10.3. The summed E-state index contributed by atoms with van der Waals surface area (Å²) in [5.41, 5.74) is 1.01. The number of halogens is 1. The van der Waals surface area contributed by atoms with Crippen LogP contribution in [-0.4, -0.2) is 22.1 Å². The van der Waals surface area contributed by atoms with Crippen LogP contribution in [0.1, 0.15) is 5.82 Å². The van der Waals surface area contributed by atoms with Crippen LogP contribution in [0, 0.1) is 5.82 Å². The Morgan fingerprint density at radius 1 is 1.25 bits per heavy atom. The molecule has 1 N–H and O–H groups in total. The zero-order valence-electron chi connectivity index (χ0n) is 10.8. The minimum absolute atomic E-state index is 0.221. The Bertz CT molecular complexity index is 742. The van der Waals surface area contributed by atoms with E-state index in [9.17, 15) is 4.39 Å². The van der Waals surface area contributed by atoms with Crippen LogP contribution in [-0.2, 0) is 6.61 Å². The summed E-state index contributed by atoms with van der Waals surface area (Å²) in [6.45, 7) is 0.221. The van der Waals surface area contributed by atoms with Crippen LogP contribution >= 0.6 is 0 Å². The van der Waals surface area contributed by atoms with Gasteiger partial charge in [0.15, 0.2) is 17.1 Å². The van der Waals surface area contributed by atoms with Gasteiger partial charge in [0.25, 0.3) is 0 Å². The average Bonchev–Trinajstić information content (AvgIpc) is 2.87. The minimum Gasteiger partial charge on any atom is -0.493 e. The van der Waals surface area contributed by atoms with E-state index in [-0.39, 0.29) is 6.61 Å². The number of imidazole rings is 1. The van der Waals surface area contributed by atoms with E-state index in [4.69, 9.17) is 9.47 Å². The molecule has 0 atom stereocenters. The number of benzene rings is 1. The number of hydrogen-bond donors (Lipinski definition) is 1. The van der Waals surface area contributed by atoms with E-state index in [1.807, 2.05) is 18.2 Å². The van der Waals surface area contributed by atoms with Gasteiger partial charge < -0.3 is 14.5 Å². The van der Waals surface area contributed by atoms with Crippen molar-refractivity contribution in [2.45, 2.75) is 6.61 Å². The Morgan fingerprint density at radius 2 is 2.05 bits per heavy atom. The Labute approximate surface area is 114 Å². The van der Waals surface area contributed by atoms with Crippen molar-refractivity contribution >= 4 is 11.2 Å². The molecule has 0 fully saturated rings. The van der Waals surface area contributed by atoms with Crippen molar-refractivity contribution < 1.29 is 13.9 Å². The second kappa shape index (κ2) is 5.16. The van der Waals surface area contributed by atoms with Crippen molar-refractivity contribution in [3.63, 3.8) is 0 Å². The molecule has 102 valence electrons. The fourth-order valence-electron chi connectivity index (χ4n) is 1.88. The Kier molecular flexibility index (Phi) is 3.20. The summed E-state index contributed by atoms with van der Waals surface area (Å²) in [4.78, 5) is 11.1. The number of rotatable bonds is 4. The van der Waals surface area contributed by atoms with Gasteiger partial charge in [0.2, 0.25) is 0 Å². The van der Waals surface area contributed by atoms with Crippen molar-refractivity contribution in [3.05, 3.63) is 48.2 Å². The van der Waals surface area contributed by atoms with E-state index in [0.717, 1.165) is 6.20 Å². The topological polar surface area (TPSA) is 60.0 Å². The van der Waals surface area contributed by atoms with E-state index < -0.39 is 5.82 Å². The molecule has 1 aromatic carbocycles. The number of hydrogen-bond acceptors (Lipinski definition) is 4. The van der Waals surface area contributed by atoms with Crippen LogP contribution < -0.4 is 9.47 Å². The van der Waals surface area contributed by atoms with Crippen LogP contribution in [0.4, 0.5) is 4.39 Å². The summed E-state index contributed by atoms with van der Waals surface area (Å²) >= 11 is 0. The molecule has 0 aliphatic rings. The van der Waals surface area contributed by atoms with Gasteiger partial charge >= 0.3 is 0 Å². The van der Waals surface area contributed by atoms with Gasteiger partial charge in [-0.2, -0.15) is 0 Å². The largest absolute Gasteiger partial charge is 0.493 e. The third kappa shape index (κ3) is 2.40. The van der Waals surface area contributed by atoms with Crippen molar-refractivity contribution in [2.75, 3.05) is 7.11 Å². The van der Waals surface area contributed by atoms with Crippen LogP contribution in [0.15, 0.2) is 36.5 Å². The molecule has 2 aromatic heterocycles. The quantitative estimate of drug-likeness (QED) is 0.794. The minimum atomic E-state index is -0.404. The molecular formula is C14H12FN3O2. The molecule has 0 saturated heterocycles. The van der Waals surface area contributed by atoms with Crippen LogP contribution in [0.25, 0.3) is 11.2 Å². The van der Waals surface area contributed by atoms with Crippen molar-refractivity contribution in [3.8, 4) is 11.5 Å². The molecule has 0 unspecified atom stereocenters. The highest BCUT2D eigenvalue weighted by molar-refractivity contribution is 5.70. The van der Waals surface area contributed by atoms with E-state index in [1.165, 1.54) is 6.07 Å². The Balaban J connectivity index is 1.79. The average molecular weight is 273 g/mol. The third-order valence-corrected chi connectivity index (χ3v) is 2.79. The van der Waals surface area contributed by atoms with Gasteiger partial charge in [-0.15, -0.1) is 0 Å². The molecule has 3 rings (SSSR count). The molecule has 0 spiro atoms. The summed E-state index contributed by atoms with van der Waals surface area (Å²) in [6, 6.07) is 8.68. The van der Waals surface area contributed by atoms with E-state index >= 15 is 0 Å². The third-order valence-electron chi connectivity index (χ3n) is 2.79. The van der Waals surface area contributed by atoms with E-state index in [0.29, 0.717) is 28.5 Å². The molecular weight excluding hydrogens is 261 g/mol. The van der Waals surface area contributed by atoms with Gasteiger partial charge in [-0.25, -0.2) is 14.4 Å². The Morgan fingerprint density at radius 3 is 2.85 bits per heavy atom. The fourth-order valence-corrected chi connectivity index (χ4v) is 1.88. The number of aromatic nitrogens is 3. The first-order valence-corrected chi connectivity index (χ1v) is 6.02. The number of pyridine rings is 1. The predicted molar refractivity (Wildman–Crippen MR) is 71.2 cm³/mol. The van der Waals surface area contributed by atoms with Crippen molar-refractivity contribution in [1.29, 1.82) is 0 Å². The fraction of sp³-hybridized carbons (Fsp3) is 0.143. The maximum atomic E-state index is 13.0. The molecule has 0 aliphatic carbocycles. The first-order chi connectivity index (χ1) is 9.76. The molecule has 3 aromatic rings. The SMILES string of the molecule is COc1ccccc1OCc1nc2ncc(F)cc2[nH]1. The van der Waals surface area contributed by atoms with Gasteiger partial charge in [-0.3, -0.25) is 0 Å². The maximum absolute atomic E-state index is 13.0. The molecule has 20 heavy (non-hydrogen) atoms. The van der Waals surface area contributed by atoms with Crippen LogP contribution in [0.2, 0.25) is 0 Å². The zero-order chi connectivity index (χ0) is 13.9. The lowest BCUT2D eigenvalue weighted by Crippen LogP contribution is -1.99. The first-order valence-electron chi connectivity index (χ1n) is 6.02. The number of aromatic amines is 1. The number of ether oxygens (including phenoxy) is 2. The molecule has 0 bridgehead atoms. The summed E-state index contributed by atoms with van der Waals surface area (Å²) in [5, 5.41) is 0. The highest BCUT2D eigenvalue weighted by Gasteiger charge is 2.07. The number of para-hydroxylation sites is 2. The monoisotopic (exact) mass is 273 g/mol. The highest BCUT2D eigenvalue weighted by Crippen LogP contribution is 2.26. The summed E-state index contributed by atoms with van der Waals surface area (Å²) in [6.07, 6.45) is 1.13. The summed E-state index contributed by atoms with van der Waals surface area (Å²) in [7, 11) is 1.58. The zero-order valence-corrected chi connectivity index (χ0v) is 10.8. The van der Waals surface area contributed by atoms with E-state index in [1.54, 1.807) is 13.2 Å². The second-order valence-corrected chi connectivity index (χ2v) is 4.15. The molecule has 2 heterocycles. The molecule has 5 nitrogen and oxygen atoms in total. The smallest absolute Gasteiger partial charge is 0.178 e. The van der Waals surface area contributed by atoms with E-state index in [2.05, 4.69) is 15.0 Å². The second-order valence-electron chi connectivity index (χ2n) is 4.15. The van der Waals surface area contributed by atoms with Gasteiger partial charge in [0, 0.05) is 6.07 Å². The van der Waals surface area contributed by atoms with Crippen molar-refractivity contribution in [2.24, 2.45) is 0 Å².